The molecule has 0 bridgehead atoms. The second-order valence-electron chi connectivity index (χ2n) is 7.05. The first-order chi connectivity index (χ1) is 14.6. The largest absolute Gasteiger partial charge is 0.346 e. The van der Waals surface area contributed by atoms with Gasteiger partial charge in [-0.15, -0.1) is 11.3 Å². The molecule has 3 aromatic rings. The average Bonchev–Trinajstić information content (AvgIpc) is 3.35. The molecule has 0 unspecified atom stereocenters. The van der Waals surface area contributed by atoms with Gasteiger partial charge in [-0.1, -0.05) is 43.7 Å². The van der Waals surface area contributed by atoms with E-state index in [0.29, 0.717) is 29.8 Å². The van der Waals surface area contributed by atoms with Crippen molar-refractivity contribution < 1.29 is 14.4 Å². The van der Waals surface area contributed by atoms with Crippen LogP contribution < -0.4 is 5.32 Å². The molecule has 0 radical (unpaired) electrons. The monoisotopic (exact) mass is 419 g/mol. The van der Waals surface area contributed by atoms with Crippen LogP contribution in [0.15, 0.2) is 53.9 Å². The molecular weight excluding hydrogens is 398 g/mol. The summed E-state index contributed by atoms with van der Waals surface area (Å²) in [5.41, 5.74) is 2.91. The second-order valence-corrected chi connectivity index (χ2v) is 7.99. The van der Waals surface area contributed by atoms with Gasteiger partial charge in [-0.05, 0) is 24.6 Å². The molecule has 1 N–H and O–H groups in total. The Labute approximate surface area is 178 Å². The van der Waals surface area contributed by atoms with Gasteiger partial charge in [0.1, 0.15) is 5.01 Å². The van der Waals surface area contributed by atoms with Gasteiger partial charge >= 0.3 is 0 Å². The summed E-state index contributed by atoms with van der Waals surface area (Å²) in [5, 5.41) is 5.59. The lowest BCUT2D eigenvalue weighted by molar-refractivity contribution is 0.0652. The molecule has 0 atom stereocenters. The molecule has 6 nitrogen and oxygen atoms in total. The molecule has 2 heterocycles. The van der Waals surface area contributed by atoms with E-state index < -0.39 is 0 Å². The van der Waals surface area contributed by atoms with Crippen molar-refractivity contribution >= 4 is 29.1 Å². The van der Waals surface area contributed by atoms with Crippen molar-refractivity contribution in [3.8, 4) is 11.3 Å². The number of imide groups is 1. The third-order valence-corrected chi connectivity index (χ3v) is 5.84. The summed E-state index contributed by atoms with van der Waals surface area (Å²) in [6.07, 6.45) is 1.65. The van der Waals surface area contributed by atoms with Gasteiger partial charge in [-0.25, -0.2) is 4.98 Å². The van der Waals surface area contributed by atoms with Gasteiger partial charge in [0.2, 0.25) is 0 Å². The van der Waals surface area contributed by atoms with E-state index in [1.54, 1.807) is 12.1 Å². The van der Waals surface area contributed by atoms with Gasteiger partial charge in [0.15, 0.2) is 0 Å². The zero-order chi connectivity index (χ0) is 21.1. The molecule has 0 spiro atoms. The number of benzene rings is 2. The van der Waals surface area contributed by atoms with Crippen LogP contribution in [-0.2, 0) is 6.54 Å². The number of unbranched alkanes of at least 4 members (excludes halogenated alkanes) is 1. The van der Waals surface area contributed by atoms with Crippen LogP contribution in [0.4, 0.5) is 0 Å². The summed E-state index contributed by atoms with van der Waals surface area (Å²) in [4.78, 5) is 43.4. The summed E-state index contributed by atoms with van der Waals surface area (Å²) in [5.74, 6) is -0.918. The molecule has 1 aliphatic heterocycles. The van der Waals surface area contributed by atoms with E-state index in [2.05, 4.69) is 10.3 Å². The quantitative estimate of drug-likeness (QED) is 0.584. The number of carbonyl (C=O) groups is 3. The van der Waals surface area contributed by atoms with Crippen LogP contribution in [0, 0.1) is 0 Å². The predicted octanol–water partition coefficient (Wildman–Crippen LogP) is 4.14. The first-order valence-corrected chi connectivity index (χ1v) is 10.7. The lowest BCUT2D eigenvalue weighted by Crippen LogP contribution is -2.30. The molecular formula is C23H21N3O3S. The molecule has 0 saturated heterocycles. The van der Waals surface area contributed by atoms with Gasteiger partial charge in [0.05, 0.1) is 23.4 Å². The van der Waals surface area contributed by atoms with Gasteiger partial charge < -0.3 is 5.32 Å². The van der Waals surface area contributed by atoms with Crippen LogP contribution in [0.2, 0.25) is 0 Å². The van der Waals surface area contributed by atoms with Crippen molar-refractivity contribution in [2.24, 2.45) is 0 Å². The number of amides is 3. The fourth-order valence-corrected chi connectivity index (χ4v) is 4.09. The maximum absolute atomic E-state index is 12.6. The molecule has 30 heavy (non-hydrogen) atoms. The van der Waals surface area contributed by atoms with E-state index in [0.717, 1.165) is 29.1 Å². The smallest absolute Gasteiger partial charge is 0.261 e. The van der Waals surface area contributed by atoms with E-state index in [9.17, 15) is 14.4 Å². The first kappa shape index (κ1) is 20.0. The van der Waals surface area contributed by atoms with Gasteiger partial charge in [0.25, 0.3) is 17.7 Å². The second kappa shape index (κ2) is 8.59. The minimum absolute atomic E-state index is 0.286. The van der Waals surface area contributed by atoms with E-state index in [-0.39, 0.29) is 17.7 Å². The highest BCUT2D eigenvalue weighted by Gasteiger charge is 2.35. The molecule has 1 aromatic heterocycles. The molecule has 0 saturated carbocycles. The molecule has 4 rings (SSSR count). The highest BCUT2D eigenvalue weighted by atomic mass is 32.1. The zero-order valence-corrected chi connectivity index (χ0v) is 17.4. The Morgan fingerprint density at radius 2 is 1.83 bits per heavy atom. The number of rotatable bonds is 7. The molecule has 152 valence electrons. The van der Waals surface area contributed by atoms with E-state index in [1.165, 1.54) is 22.3 Å². The van der Waals surface area contributed by atoms with Crippen LogP contribution in [0.5, 0.6) is 0 Å². The number of fused-ring (bicyclic) bond motifs is 1. The lowest BCUT2D eigenvalue weighted by atomic mass is 10.1. The summed E-state index contributed by atoms with van der Waals surface area (Å²) < 4.78 is 0. The Balaban J connectivity index is 1.43. The fourth-order valence-electron chi connectivity index (χ4n) is 3.34. The predicted molar refractivity (Wildman–Crippen MR) is 115 cm³/mol. The number of nitrogens with zero attached hydrogens (tertiary/aromatic N) is 2. The Kier molecular flexibility index (Phi) is 5.72. The highest BCUT2D eigenvalue weighted by molar-refractivity contribution is 7.09. The number of hydrogen-bond acceptors (Lipinski definition) is 5. The van der Waals surface area contributed by atoms with E-state index in [4.69, 9.17) is 0 Å². The molecule has 7 heteroatoms. The summed E-state index contributed by atoms with van der Waals surface area (Å²) in [7, 11) is 0. The fraction of sp³-hybridized carbons (Fsp3) is 0.217. The van der Waals surface area contributed by atoms with Crippen LogP contribution in [0.1, 0.15) is 55.8 Å². The Morgan fingerprint density at radius 1 is 1.07 bits per heavy atom. The van der Waals surface area contributed by atoms with Crippen molar-refractivity contribution in [2.45, 2.75) is 26.3 Å². The highest BCUT2D eigenvalue weighted by Crippen LogP contribution is 2.25. The van der Waals surface area contributed by atoms with Crippen LogP contribution in [0.25, 0.3) is 11.3 Å². The topological polar surface area (TPSA) is 79.4 Å². The minimum Gasteiger partial charge on any atom is -0.346 e. The maximum atomic E-state index is 12.6. The summed E-state index contributed by atoms with van der Waals surface area (Å²) >= 11 is 1.48. The number of carbonyl (C=O) groups excluding carboxylic acids is 3. The van der Waals surface area contributed by atoms with Crippen molar-refractivity contribution in [3.05, 3.63) is 75.6 Å². The minimum atomic E-state index is -0.328. The van der Waals surface area contributed by atoms with Gasteiger partial charge in [-0.3, -0.25) is 19.3 Å². The normalized spacial score (nSPS) is 12.9. The SMILES string of the molecule is CCCCN1C(=O)c2ccc(C(=O)NCc3nc(-c4ccccc4)cs3)cc2C1=O. The Morgan fingerprint density at radius 3 is 2.60 bits per heavy atom. The number of aromatic nitrogens is 1. The number of thiazole rings is 1. The van der Waals surface area contributed by atoms with Crippen molar-refractivity contribution in [1.29, 1.82) is 0 Å². The van der Waals surface area contributed by atoms with Gasteiger partial charge in [0, 0.05) is 23.1 Å². The van der Waals surface area contributed by atoms with Crippen LogP contribution in [-0.4, -0.2) is 34.2 Å². The third kappa shape index (κ3) is 3.89. The molecule has 2 aromatic carbocycles. The van der Waals surface area contributed by atoms with Crippen LogP contribution >= 0.6 is 11.3 Å². The Bertz CT molecular complexity index is 1110. The summed E-state index contributed by atoms with van der Waals surface area (Å²) in [6, 6.07) is 14.5. The zero-order valence-electron chi connectivity index (χ0n) is 16.6. The Hall–Kier alpha value is -3.32. The number of hydrogen-bond donors (Lipinski definition) is 1. The first-order valence-electron chi connectivity index (χ1n) is 9.86. The van der Waals surface area contributed by atoms with Crippen molar-refractivity contribution in [2.75, 3.05) is 6.54 Å². The summed E-state index contributed by atoms with van der Waals surface area (Å²) in [6.45, 7) is 2.70. The van der Waals surface area contributed by atoms with Crippen molar-refractivity contribution in [1.82, 2.24) is 15.2 Å². The van der Waals surface area contributed by atoms with Crippen molar-refractivity contribution in [3.63, 3.8) is 0 Å². The van der Waals surface area contributed by atoms with E-state index in [1.807, 2.05) is 42.6 Å². The third-order valence-electron chi connectivity index (χ3n) is 4.99. The van der Waals surface area contributed by atoms with E-state index >= 15 is 0 Å². The average molecular weight is 420 g/mol. The standard InChI is InChI=1S/C23H21N3O3S/c1-2-3-11-26-22(28)17-10-9-16(12-18(17)23(26)29)21(27)24-13-20-25-19(14-30-20)15-7-5-4-6-8-15/h4-10,12,14H,2-3,11,13H2,1H3,(H,24,27). The number of nitrogens with one attached hydrogen (secondary N) is 1. The van der Waals surface area contributed by atoms with Crippen LogP contribution in [0.3, 0.4) is 0 Å². The molecule has 1 aliphatic rings. The molecule has 0 fully saturated rings. The maximum Gasteiger partial charge on any atom is 0.261 e. The molecule has 0 aliphatic carbocycles. The van der Waals surface area contributed by atoms with Gasteiger partial charge in [-0.2, -0.15) is 0 Å². The lowest BCUT2D eigenvalue weighted by Gasteiger charge is -2.12. The molecule has 3 amide bonds.